The lowest BCUT2D eigenvalue weighted by Gasteiger charge is -2.25. The molecule has 0 spiro atoms. The first-order valence-corrected chi connectivity index (χ1v) is 4.96. The number of phenols is 1. The molecular formula is C11H17BrN2O. The van der Waals surface area contributed by atoms with Gasteiger partial charge in [0.25, 0.3) is 0 Å². The standard InChI is InChI=1S/C11H16N2O.BrH/c1-13(2)9-5-6-10(14)11-8(9)4-3-7-12-11;/h5-6,12,14H,3-4,7H2,1-2H3;1H. The summed E-state index contributed by atoms with van der Waals surface area (Å²) in [4.78, 5) is 2.09. The molecule has 4 heteroatoms. The number of hydrogen-bond donors (Lipinski definition) is 2. The normalized spacial score (nSPS) is 13.5. The molecule has 0 amide bonds. The first kappa shape index (κ1) is 12.2. The summed E-state index contributed by atoms with van der Waals surface area (Å²) >= 11 is 0. The molecule has 2 N–H and O–H groups in total. The summed E-state index contributed by atoms with van der Waals surface area (Å²) in [6.45, 7) is 0.956. The molecule has 0 saturated carbocycles. The monoisotopic (exact) mass is 272 g/mol. The van der Waals surface area contributed by atoms with Gasteiger partial charge in [0, 0.05) is 31.9 Å². The summed E-state index contributed by atoms with van der Waals surface area (Å²) in [7, 11) is 4.06. The Bertz CT molecular complexity index is 353. The van der Waals surface area contributed by atoms with E-state index in [0.29, 0.717) is 5.75 Å². The van der Waals surface area contributed by atoms with E-state index >= 15 is 0 Å². The molecule has 1 aromatic carbocycles. The maximum absolute atomic E-state index is 9.68. The van der Waals surface area contributed by atoms with Crippen molar-refractivity contribution in [2.45, 2.75) is 12.8 Å². The van der Waals surface area contributed by atoms with E-state index in [4.69, 9.17) is 0 Å². The summed E-state index contributed by atoms with van der Waals surface area (Å²) in [6, 6.07) is 3.73. The fourth-order valence-corrected chi connectivity index (χ4v) is 1.97. The number of hydrogen-bond acceptors (Lipinski definition) is 3. The SMILES string of the molecule is Br.CN(C)c1ccc(O)c2c1CCCN2. The minimum atomic E-state index is 0. The van der Waals surface area contributed by atoms with Crippen molar-refractivity contribution in [2.75, 3.05) is 30.9 Å². The third-order valence-corrected chi connectivity index (χ3v) is 2.65. The molecule has 84 valence electrons. The van der Waals surface area contributed by atoms with Gasteiger partial charge in [0.15, 0.2) is 0 Å². The largest absolute Gasteiger partial charge is 0.506 e. The summed E-state index contributed by atoms with van der Waals surface area (Å²) < 4.78 is 0. The molecule has 1 aromatic rings. The van der Waals surface area contributed by atoms with Crippen LogP contribution in [0.5, 0.6) is 5.75 Å². The highest BCUT2D eigenvalue weighted by atomic mass is 79.9. The van der Waals surface area contributed by atoms with Crippen LogP contribution in [-0.2, 0) is 6.42 Å². The van der Waals surface area contributed by atoms with Crippen LogP contribution in [0, 0.1) is 0 Å². The molecule has 0 unspecified atom stereocenters. The summed E-state index contributed by atoms with van der Waals surface area (Å²) in [5, 5.41) is 12.9. The van der Waals surface area contributed by atoms with Crippen LogP contribution < -0.4 is 10.2 Å². The van der Waals surface area contributed by atoms with E-state index in [9.17, 15) is 5.11 Å². The van der Waals surface area contributed by atoms with Crippen LogP contribution in [0.3, 0.4) is 0 Å². The van der Waals surface area contributed by atoms with E-state index in [1.54, 1.807) is 6.07 Å². The van der Waals surface area contributed by atoms with Gasteiger partial charge >= 0.3 is 0 Å². The van der Waals surface area contributed by atoms with E-state index in [1.165, 1.54) is 11.3 Å². The topological polar surface area (TPSA) is 35.5 Å². The van der Waals surface area contributed by atoms with E-state index < -0.39 is 0 Å². The van der Waals surface area contributed by atoms with Crippen LogP contribution in [0.2, 0.25) is 0 Å². The number of halogens is 1. The molecule has 1 aliphatic heterocycles. The van der Waals surface area contributed by atoms with Crippen LogP contribution >= 0.6 is 17.0 Å². The molecule has 0 bridgehead atoms. The molecule has 0 aromatic heterocycles. The van der Waals surface area contributed by atoms with Crippen molar-refractivity contribution in [1.82, 2.24) is 0 Å². The molecule has 15 heavy (non-hydrogen) atoms. The molecule has 0 fully saturated rings. The molecule has 2 rings (SSSR count). The Balaban J connectivity index is 0.00000112. The number of nitrogens with one attached hydrogen (secondary N) is 1. The minimum absolute atomic E-state index is 0. The predicted octanol–water partition coefficient (Wildman–Crippen LogP) is 2.39. The Labute approximate surface area is 101 Å². The zero-order valence-electron chi connectivity index (χ0n) is 9.08. The summed E-state index contributed by atoms with van der Waals surface area (Å²) in [5.41, 5.74) is 3.36. The predicted molar refractivity (Wildman–Crippen MR) is 69.6 cm³/mol. The highest BCUT2D eigenvalue weighted by Gasteiger charge is 2.16. The first-order chi connectivity index (χ1) is 6.70. The van der Waals surface area contributed by atoms with Gasteiger partial charge in [0.05, 0.1) is 5.69 Å². The van der Waals surface area contributed by atoms with Crippen molar-refractivity contribution in [1.29, 1.82) is 0 Å². The van der Waals surface area contributed by atoms with Crippen LogP contribution in [0.25, 0.3) is 0 Å². The van der Waals surface area contributed by atoms with Gasteiger partial charge in [-0.25, -0.2) is 0 Å². The molecule has 3 nitrogen and oxygen atoms in total. The fraction of sp³-hybridized carbons (Fsp3) is 0.455. The van der Waals surface area contributed by atoms with E-state index in [-0.39, 0.29) is 17.0 Å². The zero-order valence-corrected chi connectivity index (χ0v) is 10.8. The number of aromatic hydroxyl groups is 1. The van der Waals surface area contributed by atoms with Gasteiger partial charge in [-0.1, -0.05) is 0 Å². The van der Waals surface area contributed by atoms with E-state index in [2.05, 4.69) is 10.2 Å². The number of fused-ring (bicyclic) bond motifs is 1. The van der Waals surface area contributed by atoms with Crippen LogP contribution in [0.4, 0.5) is 11.4 Å². The average molecular weight is 273 g/mol. The van der Waals surface area contributed by atoms with Gasteiger partial charge in [-0.05, 0) is 25.0 Å². The van der Waals surface area contributed by atoms with Gasteiger partial charge in [-0.3, -0.25) is 0 Å². The second-order valence-electron chi connectivity index (χ2n) is 3.88. The Morgan fingerprint density at radius 2 is 2.07 bits per heavy atom. The lowest BCUT2D eigenvalue weighted by atomic mass is 10.0. The quantitative estimate of drug-likeness (QED) is 0.771. The number of rotatable bonds is 1. The molecule has 0 saturated heterocycles. The maximum atomic E-state index is 9.68. The van der Waals surface area contributed by atoms with Crippen molar-refractivity contribution in [2.24, 2.45) is 0 Å². The maximum Gasteiger partial charge on any atom is 0.139 e. The Hall–Kier alpha value is -0.900. The second kappa shape index (κ2) is 4.75. The number of nitrogens with zero attached hydrogens (tertiary/aromatic N) is 1. The summed E-state index contributed by atoms with van der Waals surface area (Å²) in [5.74, 6) is 0.366. The zero-order chi connectivity index (χ0) is 10.1. The van der Waals surface area contributed by atoms with E-state index in [0.717, 1.165) is 25.1 Å². The lowest BCUT2D eigenvalue weighted by molar-refractivity contribution is 0.475. The highest BCUT2D eigenvalue weighted by Crippen LogP contribution is 2.37. The molecule has 1 aliphatic rings. The average Bonchev–Trinajstić information content (AvgIpc) is 2.18. The fourth-order valence-electron chi connectivity index (χ4n) is 1.97. The lowest BCUT2D eigenvalue weighted by Crippen LogP contribution is -2.17. The molecule has 0 atom stereocenters. The van der Waals surface area contributed by atoms with Crippen molar-refractivity contribution in [3.05, 3.63) is 17.7 Å². The van der Waals surface area contributed by atoms with Gasteiger partial charge < -0.3 is 15.3 Å². The third-order valence-electron chi connectivity index (χ3n) is 2.65. The smallest absolute Gasteiger partial charge is 0.139 e. The van der Waals surface area contributed by atoms with Crippen LogP contribution in [0.15, 0.2) is 12.1 Å². The van der Waals surface area contributed by atoms with Crippen molar-refractivity contribution < 1.29 is 5.11 Å². The van der Waals surface area contributed by atoms with Crippen molar-refractivity contribution >= 4 is 28.4 Å². The van der Waals surface area contributed by atoms with Gasteiger partial charge in [-0.2, -0.15) is 0 Å². The van der Waals surface area contributed by atoms with Crippen LogP contribution in [-0.4, -0.2) is 25.7 Å². The van der Waals surface area contributed by atoms with Gasteiger partial charge in [-0.15, -0.1) is 17.0 Å². The van der Waals surface area contributed by atoms with Gasteiger partial charge in [0.1, 0.15) is 5.75 Å². The Kier molecular flexibility index (Phi) is 3.85. The number of benzene rings is 1. The van der Waals surface area contributed by atoms with Crippen molar-refractivity contribution in [3.8, 4) is 5.75 Å². The highest BCUT2D eigenvalue weighted by molar-refractivity contribution is 8.93. The number of phenolic OH excluding ortho intramolecular Hbond substituents is 1. The van der Waals surface area contributed by atoms with Crippen molar-refractivity contribution in [3.63, 3.8) is 0 Å². The Morgan fingerprint density at radius 3 is 2.73 bits per heavy atom. The molecule has 0 aliphatic carbocycles. The molecular weight excluding hydrogens is 256 g/mol. The minimum Gasteiger partial charge on any atom is -0.506 e. The molecule has 1 heterocycles. The Morgan fingerprint density at radius 1 is 1.33 bits per heavy atom. The van der Waals surface area contributed by atoms with Gasteiger partial charge in [0.2, 0.25) is 0 Å². The molecule has 0 radical (unpaired) electrons. The number of anilines is 2. The van der Waals surface area contributed by atoms with Crippen LogP contribution in [0.1, 0.15) is 12.0 Å². The first-order valence-electron chi connectivity index (χ1n) is 4.96. The summed E-state index contributed by atoms with van der Waals surface area (Å²) in [6.07, 6.45) is 2.18. The second-order valence-corrected chi connectivity index (χ2v) is 3.88. The van der Waals surface area contributed by atoms with E-state index in [1.807, 2.05) is 20.2 Å². The third kappa shape index (κ3) is 2.20.